The Morgan fingerprint density at radius 2 is 1.82 bits per heavy atom. The SMILES string of the molecule is CC(C)C(C)c1ccc(C(N)=NCCO)cc1. The Balaban J connectivity index is 2.81. The number of nitrogens with two attached hydrogens (primary N) is 1. The van der Waals surface area contributed by atoms with Crippen molar-refractivity contribution in [2.24, 2.45) is 16.6 Å². The second kappa shape index (κ2) is 6.40. The van der Waals surface area contributed by atoms with Crippen LogP contribution in [0.2, 0.25) is 0 Å². The fourth-order valence-corrected chi connectivity index (χ4v) is 1.60. The highest BCUT2D eigenvalue weighted by Crippen LogP contribution is 2.23. The van der Waals surface area contributed by atoms with Crippen molar-refractivity contribution in [2.75, 3.05) is 13.2 Å². The first-order valence-corrected chi connectivity index (χ1v) is 6.07. The molecule has 0 radical (unpaired) electrons. The monoisotopic (exact) mass is 234 g/mol. The number of rotatable bonds is 5. The zero-order chi connectivity index (χ0) is 12.8. The van der Waals surface area contributed by atoms with Gasteiger partial charge in [0.2, 0.25) is 0 Å². The summed E-state index contributed by atoms with van der Waals surface area (Å²) in [5.41, 5.74) is 8.04. The van der Waals surface area contributed by atoms with Gasteiger partial charge < -0.3 is 10.8 Å². The molecular formula is C14H22N2O. The van der Waals surface area contributed by atoms with Gasteiger partial charge in [-0.2, -0.15) is 0 Å². The summed E-state index contributed by atoms with van der Waals surface area (Å²) in [7, 11) is 0. The molecule has 3 nitrogen and oxygen atoms in total. The van der Waals surface area contributed by atoms with Gasteiger partial charge in [-0.05, 0) is 17.4 Å². The molecule has 0 aromatic heterocycles. The standard InChI is InChI=1S/C14H22N2O/c1-10(2)11(3)12-4-6-13(7-5-12)14(15)16-8-9-17/h4-7,10-11,17H,8-9H2,1-3H3,(H2,15,16). The topological polar surface area (TPSA) is 58.6 Å². The third kappa shape index (κ3) is 3.86. The van der Waals surface area contributed by atoms with Crippen molar-refractivity contribution in [1.29, 1.82) is 0 Å². The van der Waals surface area contributed by atoms with Gasteiger partial charge in [0, 0.05) is 5.56 Å². The minimum absolute atomic E-state index is 0.0309. The van der Waals surface area contributed by atoms with Gasteiger partial charge in [0.1, 0.15) is 5.84 Å². The fourth-order valence-electron chi connectivity index (χ4n) is 1.60. The summed E-state index contributed by atoms with van der Waals surface area (Å²) >= 11 is 0. The second-order valence-electron chi connectivity index (χ2n) is 4.65. The summed E-state index contributed by atoms with van der Waals surface area (Å²) in [4.78, 5) is 4.07. The predicted molar refractivity (Wildman–Crippen MR) is 72.4 cm³/mol. The number of amidine groups is 1. The lowest BCUT2D eigenvalue weighted by Crippen LogP contribution is -2.14. The molecule has 0 bridgehead atoms. The van der Waals surface area contributed by atoms with Crippen LogP contribution in [-0.2, 0) is 0 Å². The van der Waals surface area contributed by atoms with E-state index in [2.05, 4.69) is 37.9 Å². The normalized spacial score (nSPS) is 14.1. The zero-order valence-corrected chi connectivity index (χ0v) is 10.9. The van der Waals surface area contributed by atoms with Crippen LogP contribution in [0.15, 0.2) is 29.3 Å². The van der Waals surface area contributed by atoms with Crippen LogP contribution < -0.4 is 5.73 Å². The quantitative estimate of drug-likeness (QED) is 0.606. The minimum atomic E-state index is 0.0309. The van der Waals surface area contributed by atoms with Crippen molar-refractivity contribution in [1.82, 2.24) is 0 Å². The van der Waals surface area contributed by atoms with Crippen molar-refractivity contribution in [3.8, 4) is 0 Å². The highest BCUT2D eigenvalue weighted by molar-refractivity contribution is 5.97. The lowest BCUT2D eigenvalue weighted by molar-refractivity contribution is 0.307. The predicted octanol–water partition coefficient (Wildman–Crippen LogP) is 2.14. The van der Waals surface area contributed by atoms with Crippen molar-refractivity contribution in [3.63, 3.8) is 0 Å². The first kappa shape index (κ1) is 13.7. The van der Waals surface area contributed by atoms with Gasteiger partial charge in [0.05, 0.1) is 13.2 Å². The van der Waals surface area contributed by atoms with Gasteiger partial charge in [-0.25, -0.2) is 0 Å². The van der Waals surface area contributed by atoms with E-state index in [1.807, 2.05) is 12.1 Å². The Morgan fingerprint density at radius 1 is 1.24 bits per heavy atom. The first-order chi connectivity index (χ1) is 8.06. The van der Waals surface area contributed by atoms with Crippen LogP contribution in [0.4, 0.5) is 0 Å². The molecule has 3 heteroatoms. The van der Waals surface area contributed by atoms with Gasteiger partial charge in [0.15, 0.2) is 0 Å². The van der Waals surface area contributed by atoms with Crippen LogP contribution in [0.5, 0.6) is 0 Å². The number of aliphatic hydroxyl groups excluding tert-OH is 1. The third-order valence-corrected chi connectivity index (χ3v) is 3.11. The molecule has 0 aliphatic rings. The van der Waals surface area contributed by atoms with Crippen molar-refractivity contribution in [3.05, 3.63) is 35.4 Å². The Labute approximate surface area is 103 Å². The van der Waals surface area contributed by atoms with E-state index in [0.29, 0.717) is 24.2 Å². The van der Waals surface area contributed by atoms with E-state index in [9.17, 15) is 0 Å². The molecule has 0 spiro atoms. The molecule has 0 saturated carbocycles. The summed E-state index contributed by atoms with van der Waals surface area (Å²) < 4.78 is 0. The third-order valence-electron chi connectivity index (χ3n) is 3.11. The molecule has 94 valence electrons. The molecule has 1 rings (SSSR count). The molecule has 3 N–H and O–H groups in total. The molecule has 0 heterocycles. The number of hydrogen-bond acceptors (Lipinski definition) is 2. The lowest BCUT2D eigenvalue weighted by Gasteiger charge is -2.16. The molecule has 0 aliphatic heterocycles. The molecule has 1 aromatic rings. The molecular weight excluding hydrogens is 212 g/mol. The molecule has 1 unspecified atom stereocenters. The number of aliphatic imine (C=N–C) groups is 1. The van der Waals surface area contributed by atoms with Crippen LogP contribution in [0, 0.1) is 5.92 Å². The van der Waals surface area contributed by atoms with Gasteiger partial charge in [-0.15, -0.1) is 0 Å². The van der Waals surface area contributed by atoms with Crippen LogP contribution >= 0.6 is 0 Å². The maximum Gasteiger partial charge on any atom is 0.125 e. The zero-order valence-electron chi connectivity index (χ0n) is 10.9. The first-order valence-electron chi connectivity index (χ1n) is 6.07. The van der Waals surface area contributed by atoms with E-state index in [1.165, 1.54) is 5.56 Å². The number of aliphatic hydroxyl groups is 1. The van der Waals surface area contributed by atoms with E-state index >= 15 is 0 Å². The Morgan fingerprint density at radius 3 is 2.29 bits per heavy atom. The lowest BCUT2D eigenvalue weighted by atomic mass is 9.90. The Kier molecular flexibility index (Phi) is 5.16. The number of nitrogens with zero attached hydrogens (tertiary/aromatic N) is 1. The van der Waals surface area contributed by atoms with E-state index in [-0.39, 0.29) is 6.61 Å². The second-order valence-corrected chi connectivity index (χ2v) is 4.65. The van der Waals surface area contributed by atoms with Crippen molar-refractivity contribution >= 4 is 5.84 Å². The highest BCUT2D eigenvalue weighted by Gasteiger charge is 2.09. The highest BCUT2D eigenvalue weighted by atomic mass is 16.3. The molecule has 0 fully saturated rings. The summed E-state index contributed by atoms with van der Waals surface area (Å²) in [6.07, 6.45) is 0. The van der Waals surface area contributed by atoms with Crippen LogP contribution in [0.1, 0.15) is 37.8 Å². The molecule has 0 aliphatic carbocycles. The Hall–Kier alpha value is -1.35. The van der Waals surface area contributed by atoms with Gasteiger partial charge >= 0.3 is 0 Å². The fraction of sp³-hybridized carbons (Fsp3) is 0.500. The summed E-state index contributed by atoms with van der Waals surface area (Å²) in [6, 6.07) is 8.18. The van der Waals surface area contributed by atoms with Crippen molar-refractivity contribution < 1.29 is 5.11 Å². The smallest absolute Gasteiger partial charge is 0.125 e. The van der Waals surface area contributed by atoms with E-state index in [4.69, 9.17) is 10.8 Å². The average molecular weight is 234 g/mol. The molecule has 0 saturated heterocycles. The molecule has 1 aromatic carbocycles. The summed E-state index contributed by atoms with van der Waals surface area (Å²) in [5, 5.41) is 8.68. The van der Waals surface area contributed by atoms with Crippen LogP contribution in [0.25, 0.3) is 0 Å². The van der Waals surface area contributed by atoms with Crippen LogP contribution in [-0.4, -0.2) is 24.1 Å². The Bertz CT molecular complexity index is 368. The van der Waals surface area contributed by atoms with E-state index in [0.717, 1.165) is 5.56 Å². The van der Waals surface area contributed by atoms with Gasteiger partial charge in [0.25, 0.3) is 0 Å². The molecule has 1 atom stereocenters. The van der Waals surface area contributed by atoms with Crippen LogP contribution in [0.3, 0.4) is 0 Å². The largest absolute Gasteiger partial charge is 0.394 e. The van der Waals surface area contributed by atoms with Gasteiger partial charge in [-0.3, -0.25) is 4.99 Å². The van der Waals surface area contributed by atoms with Gasteiger partial charge in [-0.1, -0.05) is 45.0 Å². The average Bonchev–Trinajstić information content (AvgIpc) is 2.35. The molecule has 17 heavy (non-hydrogen) atoms. The number of benzene rings is 1. The molecule has 0 amide bonds. The van der Waals surface area contributed by atoms with Crippen molar-refractivity contribution in [2.45, 2.75) is 26.7 Å². The maximum atomic E-state index is 8.68. The summed E-state index contributed by atoms with van der Waals surface area (Å²) in [5.74, 6) is 1.66. The van der Waals surface area contributed by atoms with E-state index < -0.39 is 0 Å². The van der Waals surface area contributed by atoms with E-state index in [1.54, 1.807) is 0 Å². The number of hydrogen-bond donors (Lipinski definition) is 2. The maximum absolute atomic E-state index is 8.68. The summed E-state index contributed by atoms with van der Waals surface area (Å²) in [6.45, 7) is 7.05. The minimum Gasteiger partial charge on any atom is -0.394 e.